The number of methoxy groups -OCH3 is 3. The second-order valence-corrected chi connectivity index (χ2v) is 6.74. The van der Waals surface area contributed by atoms with E-state index < -0.39 is 6.04 Å². The normalized spacial score (nSPS) is 11.5. The first-order valence-corrected chi connectivity index (χ1v) is 9.69. The van der Waals surface area contributed by atoms with Crippen molar-refractivity contribution < 1.29 is 23.4 Å². The van der Waals surface area contributed by atoms with E-state index in [1.165, 1.54) is 24.3 Å². The van der Waals surface area contributed by atoms with Gasteiger partial charge in [0.25, 0.3) is 0 Å². The molecule has 0 spiro atoms. The molecule has 3 rings (SSSR count). The number of rotatable bonds is 9. The first kappa shape index (κ1) is 22.1. The van der Waals surface area contributed by atoms with E-state index in [2.05, 4.69) is 10.6 Å². The smallest absolute Gasteiger partial charge is 0.246 e. The Labute approximate surface area is 181 Å². The monoisotopic (exact) mass is 424 g/mol. The van der Waals surface area contributed by atoms with Crippen LogP contribution in [0, 0.1) is 5.82 Å². The van der Waals surface area contributed by atoms with Crippen LogP contribution in [0.25, 0.3) is 0 Å². The molecule has 0 heterocycles. The molecule has 0 unspecified atom stereocenters. The zero-order valence-corrected chi connectivity index (χ0v) is 17.6. The van der Waals surface area contributed by atoms with Crippen molar-refractivity contribution in [2.45, 2.75) is 12.6 Å². The Morgan fingerprint density at radius 2 is 1.48 bits per heavy atom. The van der Waals surface area contributed by atoms with Crippen molar-refractivity contribution in [1.29, 1.82) is 0 Å². The first-order valence-electron chi connectivity index (χ1n) is 9.69. The van der Waals surface area contributed by atoms with E-state index in [1.807, 2.05) is 36.4 Å². The van der Waals surface area contributed by atoms with Crippen LogP contribution in [0.4, 0.5) is 10.1 Å². The van der Waals surface area contributed by atoms with Gasteiger partial charge in [-0.25, -0.2) is 4.39 Å². The van der Waals surface area contributed by atoms with Gasteiger partial charge in [-0.1, -0.05) is 30.3 Å². The highest BCUT2D eigenvalue weighted by Crippen LogP contribution is 2.34. The summed E-state index contributed by atoms with van der Waals surface area (Å²) in [6.07, 6.45) is 0. The maximum Gasteiger partial charge on any atom is 0.246 e. The second-order valence-electron chi connectivity index (χ2n) is 6.74. The Morgan fingerprint density at radius 3 is 2.10 bits per heavy atom. The summed E-state index contributed by atoms with van der Waals surface area (Å²) >= 11 is 0. The topological polar surface area (TPSA) is 68.8 Å². The van der Waals surface area contributed by atoms with Crippen molar-refractivity contribution in [1.82, 2.24) is 5.32 Å². The fourth-order valence-electron chi connectivity index (χ4n) is 3.20. The molecule has 0 aliphatic rings. The van der Waals surface area contributed by atoms with E-state index in [1.54, 1.807) is 27.4 Å². The number of hydrogen-bond donors (Lipinski definition) is 2. The van der Waals surface area contributed by atoms with Crippen LogP contribution in [-0.4, -0.2) is 27.2 Å². The molecule has 6 nitrogen and oxygen atoms in total. The van der Waals surface area contributed by atoms with Gasteiger partial charge in [0.1, 0.15) is 17.6 Å². The summed E-state index contributed by atoms with van der Waals surface area (Å²) in [6, 6.07) is 17.9. The molecule has 1 atom stereocenters. The number of hydrogen-bond acceptors (Lipinski definition) is 5. The highest BCUT2D eigenvalue weighted by atomic mass is 19.1. The lowest BCUT2D eigenvalue weighted by atomic mass is 10.0. The molecule has 0 fully saturated rings. The van der Waals surface area contributed by atoms with Crippen LogP contribution >= 0.6 is 0 Å². The molecular formula is C24H25FN2O4. The van der Waals surface area contributed by atoms with E-state index in [0.717, 1.165) is 11.1 Å². The van der Waals surface area contributed by atoms with Crippen molar-refractivity contribution in [3.05, 3.63) is 83.7 Å². The SMILES string of the molecule is COc1cc(OC)c(OC)cc1CN[C@H](C(=O)Nc1ccc(F)cc1)c1ccccc1. The van der Waals surface area contributed by atoms with Gasteiger partial charge in [-0.3, -0.25) is 10.1 Å². The van der Waals surface area contributed by atoms with Crippen LogP contribution in [0.2, 0.25) is 0 Å². The van der Waals surface area contributed by atoms with Gasteiger partial charge < -0.3 is 19.5 Å². The van der Waals surface area contributed by atoms with Crippen LogP contribution in [-0.2, 0) is 11.3 Å². The summed E-state index contributed by atoms with van der Waals surface area (Å²) in [6.45, 7) is 0.333. The van der Waals surface area contributed by atoms with E-state index in [0.29, 0.717) is 29.5 Å². The number of amides is 1. The Morgan fingerprint density at radius 1 is 0.871 bits per heavy atom. The number of halogens is 1. The summed E-state index contributed by atoms with van der Waals surface area (Å²) in [5.74, 6) is 1.09. The molecular weight excluding hydrogens is 399 g/mol. The largest absolute Gasteiger partial charge is 0.496 e. The van der Waals surface area contributed by atoms with Gasteiger partial charge in [0, 0.05) is 23.9 Å². The molecule has 162 valence electrons. The fourth-order valence-corrected chi connectivity index (χ4v) is 3.20. The third-order valence-electron chi connectivity index (χ3n) is 4.79. The average molecular weight is 424 g/mol. The Kier molecular flexibility index (Phi) is 7.45. The summed E-state index contributed by atoms with van der Waals surface area (Å²) < 4.78 is 29.4. The van der Waals surface area contributed by atoms with Gasteiger partial charge in [0.2, 0.25) is 5.91 Å². The summed E-state index contributed by atoms with van der Waals surface area (Å²) in [5, 5.41) is 6.11. The molecule has 2 N–H and O–H groups in total. The molecule has 0 aromatic heterocycles. The predicted octanol–water partition coefficient (Wildman–Crippen LogP) is 4.32. The molecule has 0 aliphatic heterocycles. The number of ether oxygens (including phenoxy) is 3. The number of carbonyl (C=O) groups excluding carboxylic acids is 1. The molecule has 0 radical (unpaired) electrons. The van der Waals surface area contributed by atoms with Crippen molar-refractivity contribution in [2.75, 3.05) is 26.6 Å². The molecule has 3 aromatic rings. The lowest BCUT2D eigenvalue weighted by Gasteiger charge is -2.20. The van der Waals surface area contributed by atoms with Crippen molar-refractivity contribution in [3.63, 3.8) is 0 Å². The third kappa shape index (κ3) is 5.52. The van der Waals surface area contributed by atoms with E-state index in [9.17, 15) is 9.18 Å². The average Bonchev–Trinajstić information content (AvgIpc) is 2.80. The van der Waals surface area contributed by atoms with Crippen LogP contribution in [0.5, 0.6) is 17.2 Å². The number of benzene rings is 3. The van der Waals surface area contributed by atoms with Crippen LogP contribution in [0.3, 0.4) is 0 Å². The molecule has 31 heavy (non-hydrogen) atoms. The summed E-state index contributed by atoms with van der Waals surface area (Å²) in [4.78, 5) is 13.1. The molecule has 0 bridgehead atoms. The minimum Gasteiger partial charge on any atom is -0.496 e. The van der Waals surface area contributed by atoms with Gasteiger partial charge in [-0.05, 0) is 35.9 Å². The first-order chi connectivity index (χ1) is 15.0. The van der Waals surface area contributed by atoms with E-state index in [4.69, 9.17) is 14.2 Å². The zero-order valence-electron chi connectivity index (χ0n) is 17.6. The zero-order chi connectivity index (χ0) is 22.2. The highest BCUT2D eigenvalue weighted by molar-refractivity contribution is 5.95. The molecule has 0 saturated carbocycles. The van der Waals surface area contributed by atoms with Gasteiger partial charge in [-0.2, -0.15) is 0 Å². The van der Waals surface area contributed by atoms with Crippen molar-refractivity contribution in [2.24, 2.45) is 0 Å². The highest BCUT2D eigenvalue weighted by Gasteiger charge is 2.21. The maximum atomic E-state index is 13.2. The van der Waals surface area contributed by atoms with Crippen LogP contribution in [0.15, 0.2) is 66.7 Å². The van der Waals surface area contributed by atoms with Gasteiger partial charge in [0.15, 0.2) is 11.5 Å². The minimum atomic E-state index is -0.649. The number of nitrogens with one attached hydrogen (secondary N) is 2. The lowest BCUT2D eigenvalue weighted by molar-refractivity contribution is -0.118. The number of anilines is 1. The molecule has 0 aliphatic carbocycles. The lowest BCUT2D eigenvalue weighted by Crippen LogP contribution is -2.32. The Bertz CT molecular complexity index is 1010. The molecule has 1 amide bonds. The minimum absolute atomic E-state index is 0.266. The van der Waals surface area contributed by atoms with Crippen LogP contribution < -0.4 is 24.8 Å². The third-order valence-corrected chi connectivity index (χ3v) is 4.79. The van der Waals surface area contributed by atoms with Crippen molar-refractivity contribution >= 4 is 11.6 Å². The quantitative estimate of drug-likeness (QED) is 0.535. The standard InChI is InChI=1S/C24H25FN2O4/c1-29-20-14-22(31-3)21(30-2)13-17(20)15-26-23(16-7-5-4-6-8-16)24(28)27-19-11-9-18(25)10-12-19/h4-14,23,26H,15H2,1-3H3,(H,27,28)/t23-/m0/s1. The summed E-state index contributed by atoms with van der Waals surface area (Å²) in [5.41, 5.74) is 2.11. The van der Waals surface area contributed by atoms with Crippen molar-refractivity contribution in [3.8, 4) is 17.2 Å². The Hall–Kier alpha value is -3.58. The van der Waals surface area contributed by atoms with Crippen LogP contribution in [0.1, 0.15) is 17.2 Å². The van der Waals surface area contributed by atoms with E-state index in [-0.39, 0.29) is 11.7 Å². The Balaban J connectivity index is 1.84. The molecule has 7 heteroatoms. The maximum absolute atomic E-state index is 13.2. The molecule has 0 saturated heterocycles. The van der Waals surface area contributed by atoms with E-state index >= 15 is 0 Å². The van der Waals surface area contributed by atoms with Gasteiger partial charge >= 0.3 is 0 Å². The summed E-state index contributed by atoms with van der Waals surface area (Å²) in [7, 11) is 4.69. The predicted molar refractivity (Wildman–Crippen MR) is 117 cm³/mol. The fraction of sp³-hybridized carbons (Fsp3) is 0.208. The van der Waals surface area contributed by atoms with Gasteiger partial charge in [0.05, 0.1) is 21.3 Å². The molecule has 3 aromatic carbocycles. The number of carbonyl (C=O) groups is 1. The van der Waals surface area contributed by atoms with Gasteiger partial charge in [-0.15, -0.1) is 0 Å². The second kappa shape index (κ2) is 10.4.